The molecule has 24 unspecified atom stereocenters. The van der Waals surface area contributed by atoms with Gasteiger partial charge in [-0.05, 0) is 92.8 Å². The van der Waals surface area contributed by atoms with Crippen LogP contribution in [0.4, 0.5) is 0 Å². The van der Waals surface area contributed by atoms with E-state index in [1.165, 1.54) is 6.92 Å². The van der Waals surface area contributed by atoms with Crippen LogP contribution in [0, 0.1) is 50.2 Å². The summed E-state index contributed by atoms with van der Waals surface area (Å²) < 4.78 is 43.0. The Morgan fingerprint density at radius 1 is 0.723 bits per heavy atom. The Balaban J connectivity index is 0.890. The highest BCUT2D eigenvalue weighted by atomic mass is 16.8. The summed E-state index contributed by atoms with van der Waals surface area (Å²) in [5, 5.41) is 85.9. The molecule has 0 radical (unpaired) electrons. The molecular weight excluding hydrogens is 849 g/mol. The number of allylic oxidation sites excluding steroid dienone is 1. The maximum absolute atomic E-state index is 14.7. The van der Waals surface area contributed by atoms with Crippen molar-refractivity contribution in [2.75, 3.05) is 13.2 Å². The molecule has 0 aromatic rings. The normalized spacial score (nSPS) is 57.3. The quantitative estimate of drug-likeness (QED) is 0.126. The van der Waals surface area contributed by atoms with E-state index in [0.29, 0.717) is 37.9 Å². The molecule has 17 nitrogen and oxygen atoms in total. The third kappa shape index (κ3) is 6.67. The summed E-state index contributed by atoms with van der Waals surface area (Å²) in [6, 6.07) is 0. The van der Waals surface area contributed by atoms with Gasteiger partial charge in [-0.2, -0.15) is 0 Å². The van der Waals surface area contributed by atoms with Crippen LogP contribution in [0.15, 0.2) is 12.3 Å². The Morgan fingerprint density at radius 2 is 1.42 bits per heavy atom. The van der Waals surface area contributed by atoms with Crippen molar-refractivity contribution in [1.29, 1.82) is 0 Å². The van der Waals surface area contributed by atoms with Gasteiger partial charge in [-0.1, -0.05) is 48.1 Å². The van der Waals surface area contributed by atoms with Crippen molar-refractivity contribution in [3.8, 4) is 0 Å². The van der Waals surface area contributed by atoms with Gasteiger partial charge >= 0.3 is 0 Å². The van der Waals surface area contributed by atoms with Gasteiger partial charge in [0, 0.05) is 23.2 Å². The number of fused-ring (bicyclic) bond motifs is 4. The number of ether oxygens (including phenoxy) is 7. The van der Waals surface area contributed by atoms with Gasteiger partial charge in [-0.15, -0.1) is 0 Å². The van der Waals surface area contributed by atoms with Crippen molar-refractivity contribution < 1.29 is 83.6 Å². The maximum Gasteiger partial charge on any atom is 0.187 e. The lowest BCUT2D eigenvalue weighted by Gasteiger charge is -2.73. The minimum Gasteiger partial charge on any atom is -0.490 e. The van der Waals surface area contributed by atoms with E-state index in [0.717, 1.165) is 38.4 Å². The SMILES string of the molecule is C=C1OC23CCC4C5(C)CCC(OC6OCC(OC7OC(CO)C(O)C(O)C7OC7OC(C)C(O)C(O)C7O)C(O)C6O)C(C)(C)C5CCC4(C)C2(C)CC(=O)C12CCC(C)(C=O)CC23. The van der Waals surface area contributed by atoms with Crippen LogP contribution in [0.25, 0.3) is 0 Å². The van der Waals surface area contributed by atoms with Crippen LogP contribution in [0.3, 0.4) is 0 Å². The van der Waals surface area contributed by atoms with Gasteiger partial charge in [0.05, 0.1) is 30.8 Å². The summed E-state index contributed by atoms with van der Waals surface area (Å²) in [4.78, 5) is 27.2. The lowest BCUT2D eigenvalue weighted by atomic mass is 9.30. The molecule has 9 rings (SSSR count). The number of carbonyl (C=O) groups is 2. The fourth-order valence-corrected chi connectivity index (χ4v) is 16.0. The number of rotatable bonds is 8. The fourth-order valence-electron chi connectivity index (χ4n) is 16.0. The predicted octanol–water partition coefficient (Wildman–Crippen LogP) is 1.39. The largest absolute Gasteiger partial charge is 0.490 e. The third-order valence-corrected chi connectivity index (χ3v) is 20.0. The molecule has 368 valence electrons. The molecule has 5 aliphatic carbocycles. The predicted molar refractivity (Wildman–Crippen MR) is 226 cm³/mol. The van der Waals surface area contributed by atoms with E-state index >= 15 is 0 Å². The summed E-state index contributed by atoms with van der Waals surface area (Å²) in [7, 11) is 0. The van der Waals surface area contributed by atoms with E-state index in [4.69, 9.17) is 33.2 Å². The standard InChI is InChI=1S/C48H74O17/c1-22-31(52)34(55)37(58)40(60-22)64-38-35(56)32(53)24(19-49)61-41(38)62-25-20-59-39(36(57)33(25)54)63-30-11-12-44(6)26(42(30,3)4)9-13-45(7)27(44)10-14-48-28-17-43(5,21-50)15-16-47(28,23(2)65-48)29(51)18-46(45,48)8/h21-22,24-28,30-41,49,52-58H,2,9-20H2,1,3-8H3. The van der Waals surface area contributed by atoms with E-state index < -0.39 is 120 Å². The van der Waals surface area contributed by atoms with E-state index in [2.05, 4.69) is 41.2 Å². The second-order valence-corrected chi connectivity index (χ2v) is 23.3. The molecule has 4 saturated heterocycles. The zero-order valence-electron chi connectivity index (χ0n) is 38.9. The van der Waals surface area contributed by atoms with Crippen molar-refractivity contribution in [3.63, 3.8) is 0 Å². The molecule has 65 heavy (non-hydrogen) atoms. The van der Waals surface area contributed by atoms with E-state index in [9.17, 15) is 50.4 Å². The molecule has 1 spiro atoms. The van der Waals surface area contributed by atoms with Gasteiger partial charge in [-0.3, -0.25) is 4.79 Å². The second-order valence-electron chi connectivity index (χ2n) is 23.3. The van der Waals surface area contributed by atoms with Crippen molar-refractivity contribution in [2.45, 2.75) is 210 Å². The number of aliphatic hydroxyl groups is 8. The number of carbonyl (C=O) groups excluding carboxylic acids is 2. The molecule has 8 N–H and O–H groups in total. The molecule has 17 heteroatoms. The molecule has 4 aliphatic heterocycles. The summed E-state index contributed by atoms with van der Waals surface area (Å²) in [5.41, 5.74) is -3.07. The Kier molecular flexibility index (Phi) is 12.0. The summed E-state index contributed by atoms with van der Waals surface area (Å²) in [6.07, 6.45) is -13.1. The summed E-state index contributed by atoms with van der Waals surface area (Å²) >= 11 is 0. The average Bonchev–Trinajstić information content (AvgIpc) is 3.47. The van der Waals surface area contributed by atoms with Gasteiger partial charge in [0.2, 0.25) is 0 Å². The smallest absolute Gasteiger partial charge is 0.187 e. The van der Waals surface area contributed by atoms with E-state index in [1.54, 1.807) is 0 Å². The first-order valence-corrected chi connectivity index (χ1v) is 24.0. The van der Waals surface area contributed by atoms with E-state index in [-0.39, 0.29) is 47.1 Å². The van der Waals surface area contributed by atoms with Crippen LogP contribution < -0.4 is 0 Å². The zero-order valence-corrected chi connectivity index (χ0v) is 38.9. The van der Waals surface area contributed by atoms with Crippen molar-refractivity contribution in [2.24, 2.45) is 50.2 Å². The molecule has 9 fully saturated rings. The number of hydrogen-bond acceptors (Lipinski definition) is 17. The third-order valence-electron chi connectivity index (χ3n) is 20.0. The molecule has 0 amide bonds. The zero-order chi connectivity index (χ0) is 47.2. The Labute approximate surface area is 381 Å². The maximum atomic E-state index is 14.7. The average molecular weight is 923 g/mol. The van der Waals surface area contributed by atoms with Crippen molar-refractivity contribution in [1.82, 2.24) is 0 Å². The van der Waals surface area contributed by atoms with Gasteiger partial charge in [-0.25, -0.2) is 0 Å². The van der Waals surface area contributed by atoms with Gasteiger partial charge in [0.1, 0.15) is 84.5 Å². The highest BCUT2D eigenvalue weighted by Gasteiger charge is 2.82. The molecule has 24 atom stereocenters. The van der Waals surface area contributed by atoms with Crippen LogP contribution in [0.2, 0.25) is 0 Å². The van der Waals surface area contributed by atoms with Gasteiger partial charge < -0.3 is 78.8 Å². The van der Waals surface area contributed by atoms with Gasteiger partial charge in [0.25, 0.3) is 0 Å². The number of ketones is 1. The lowest BCUT2D eigenvalue weighted by Crippen LogP contribution is -2.73. The van der Waals surface area contributed by atoms with Crippen LogP contribution in [0.5, 0.6) is 0 Å². The minimum absolute atomic E-state index is 0.0920. The topological polar surface area (TPSA) is 261 Å². The number of Topliss-reactive ketones (excluding diaryl/α,β-unsaturated/α-hetero) is 1. The molecule has 9 aliphatic rings. The Bertz CT molecular complexity index is 1870. The molecule has 0 aromatic carbocycles. The van der Waals surface area contributed by atoms with Crippen molar-refractivity contribution >= 4 is 12.1 Å². The van der Waals surface area contributed by atoms with E-state index in [1.807, 2.05) is 6.92 Å². The fraction of sp³-hybridized carbons (Fsp3) is 0.917. The number of hydrogen-bond donors (Lipinski definition) is 8. The first-order chi connectivity index (χ1) is 30.4. The molecule has 0 aromatic heterocycles. The number of aldehydes is 1. The molecular formula is C48H74O17. The monoisotopic (exact) mass is 922 g/mol. The first kappa shape index (κ1) is 48.3. The number of aliphatic hydroxyl groups excluding tert-OH is 8. The molecule has 5 saturated carbocycles. The highest BCUT2D eigenvalue weighted by Crippen LogP contribution is 2.81. The first-order valence-electron chi connectivity index (χ1n) is 24.0. The Hall–Kier alpha value is -1.68. The Morgan fingerprint density at radius 3 is 2.11 bits per heavy atom. The minimum atomic E-state index is -1.77. The van der Waals surface area contributed by atoms with Crippen LogP contribution >= 0.6 is 0 Å². The van der Waals surface area contributed by atoms with Crippen LogP contribution in [-0.4, -0.2) is 164 Å². The molecule has 4 heterocycles. The van der Waals surface area contributed by atoms with Gasteiger partial charge in [0.15, 0.2) is 18.9 Å². The summed E-state index contributed by atoms with van der Waals surface area (Å²) in [6.45, 7) is 18.4. The highest BCUT2D eigenvalue weighted by molar-refractivity contribution is 5.91. The van der Waals surface area contributed by atoms with Crippen molar-refractivity contribution in [3.05, 3.63) is 12.3 Å². The lowest BCUT2D eigenvalue weighted by molar-refractivity contribution is -0.382. The van der Waals surface area contributed by atoms with Crippen LogP contribution in [0.1, 0.15) is 113 Å². The summed E-state index contributed by atoms with van der Waals surface area (Å²) in [5.74, 6) is 1.22. The molecule has 2 bridgehead atoms. The van der Waals surface area contributed by atoms with Crippen LogP contribution in [-0.2, 0) is 42.7 Å². The second kappa shape index (κ2) is 16.2.